The molecule has 2 heterocycles. The van der Waals surface area contributed by atoms with Gasteiger partial charge in [-0.25, -0.2) is 4.98 Å². The van der Waals surface area contributed by atoms with E-state index in [0.29, 0.717) is 19.6 Å². The van der Waals surface area contributed by atoms with Crippen molar-refractivity contribution in [3.8, 4) is 11.3 Å². The summed E-state index contributed by atoms with van der Waals surface area (Å²) in [6.07, 6.45) is 1.55. The highest BCUT2D eigenvalue weighted by atomic mass is 32.1. The molecule has 1 aromatic heterocycles. The second kappa shape index (κ2) is 6.91. The van der Waals surface area contributed by atoms with Crippen LogP contribution in [0.3, 0.4) is 0 Å². The van der Waals surface area contributed by atoms with E-state index >= 15 is 0 Å². The van der Waals surface area contributed by atoms with Gasteiger partial charge in [0.15, 0.2) is 5.13 Å². The molecule has 1 fully saturated rings. The Balaban J connectivity index is 1.78. The average Bonchev–Trinajstić information content (AvgIpc) is 3.26. The number of likely N-dealkylation sites (tertiary alicyclic amines) is 1. The Morgan fingerprint density at radius 1 is 1.43 bits per heavy atom. The highest BCUT2D eigenvalue weighted by Crippen LogP contribution is 2.29. The number of aromatic nitrogens is 1. The van der Waals surface area contributed by atoms with Crippen LogP contribution in [0.1, 0.15) is 13.3 Å². The number of rotatable bonds is 5. The zero-order valence-corrected chi connectivity index (χ0v) is 13.8. The molecule has 23 heavy (non-hydrogen) atoms. The van der Waals surface area contributed by atoms with Crippen LogP contribution in [-0.4, -0.2) is 41.8 Å². The van der Waals surface area contributed by atoms with Gasteiger partial charge in [-0.05, 0) is 13.3 Å². The Morgan fingerprint density at radius 2 is 2.22 bits per heavy atom. The highest BCUT2D eigenvalue weighted by molar-refractivity contribution is 7.14. The first-order valence-corrected chi connectivity index (χ1v) is 8.62. The lowest BCUT2D eigenvalue weighted by Crippen LogP contribution is -2.37. The topological polar surface area (TPSA) is 53.5 Å². The van der Waals surface area contributed by atoms with Gasteiger partial charge in [0.25, 0.3) is 0 Å². The van der Waals surface area contributed by atoms with Crippen LogP contribution in [0.2, 0.25) is 0 Å². The molecule has 0 aliphatic carbocycles. The smallest absolute Gasteiger partial charge is 0.233 e. The molecule has 1 aliphatic rings. The van der Waals surface area contributed by atoms with Crippen LogP contribution >= 0.6 is 11.3 Å². The van der Waals surface area contributed by atoms with E-state index in [1.807, 2.05) is 42.6 Å². The molecule has 6 heteroatoms. The Hall–Kier alpha value is -2.21. The van der Waals surface area contributed by atoms with Crippen molar-refractivity contribution in [2.24, 2.45) is 5.92 Å². The maximum Gasteiger partial charge on any atom is 0.233 e. The summed E-state index contributed by atoms with van der Waals surface area (Å²) in [5.74, 6) is -0.0602. The largest absolute Gasteiger partial charge is 0.344 e. The van der Waals surface area contributed by atoms with E-state index in [1.54, 1.807) is 9.80 Å². The predicted octanol–water partition coefficient (Wildman–Crippen LogP) is 2.64. The van der Waals surface area contributed by atoms with E-state index in [1.165, 1.54) is 11.3 Å². The van der Waals surface area contributed by atoms with Crippen molar-refractivity contribution in [1.82, 2.24) is 9.88 Å². The Morgan fingerprint density at radius 3 is 2.87 bits per heavy atom. The summed E-state index contributed by atoms with van der Waals surface area (Å²) in [4.78, 5) is 31.6. The summed E-state index contributed by atoms with van der Waals surface area (Å²) >= 11 is 1.48. The van der Waals surface area contributed by atoms with Crippen molar-refractivity contribution in [3.63, 3.8) is 0 Å². The molecule has 0 saturated carbocycles. The van der Waals surface area contributed by atoms with E-state index < -0.39 is 0 Å². The fourth-order valence-corrected chi connectivity index (χ4v) is 3.72. The molecule has 2 amide bonds. The summed E-state index contributed by atoms with van der Waals surface area (Å²) in [5, 5.41) is 2.70. The van der Waals surface area contributed by atoms with Crippen molar-refractivity contribution in [3.05, 3.63) is 35.7 Å². The number of carbonyl (C=O) groups excluding carboxylic acids is 2. The summed E-state index contributed by atoms with van der Waals surface area (Å²) in [6.45, 7) is 3.70. The van der Waals surface area contributed by atoms with Crippen molar-refractivity contribution < 1.29 is 9.59 Å². The summed E-state index contributed by atoms with van der Waals surface area (Å²) in [7, 11) is 0. The van der Waals surface area contributed by atoms with Gasteiger partial charge in [-0.3, -0.25) is 14.5 Å². The zero-order chi connectivity index (χ0) is 16.2. The number of anilines is 1. The molecule has 1 aliphatic heterocycles. The van der Waals surface area contributed by atoms with Crippen molar-refractivity contribution in [1.29, 1.82) is 0 Å². The summed E-state index contributed by atoms with van der Waals surface area (Å²) < 4.78 is 0. The number of hydrogen-bond donors (Lipinski definition) is 0. The molecule has 5 nitrogen and oxygen atoms in total. The standard InChI is InChI=1S/C17H19N3O2S/c1-2-20(16(22)14-8-9-19(10-14)12-21)17-18-15(11-23-17)13-6-4-3-5-7-13/h3-7,11-12,14H,2,8-10H2,1H3. The van der Waals surface area contributed by atoms with E-state index in [2.05, 4.69) is 4.98 Å². The van der Waals surface area contributed by atoms with Crippen LogP contribution in [0.5, 0.6) is 0 Å². The van der Waals surface area contributed by atoms with Gasteiger partial charge in [-0.2, -0.15) is 0 Å². The van der Waals surface area contributed by atoms with Crippen LogP contribution in [0.25, 0.3) is 11.3 Å². The molecule has 1 saturated heterocycles. The first-order chi connectivity index (χ1) is 11.2. The van der Waals surface area contributed by atoms with Crippen molar-refractivity contribution >= 4 is 28.8 Å². The van der Waals surface area contributed by atoms with Crippen LogP contribution in [0.15, 0.2) is 35.7 Å². The van der Waals surface area contributed by atoms with Crippen LogP contribution < -0.4 is 4.90 Å². The van der Waals surface area contributed by atoms with E-state index in [4.69, 9.17) is 0 Å². The number of nitrogens with zero attached hydrogens (tertiary/aromatic N) is 3. The minimum Gasteiger partial charge on any atom is -0.344 e. The number of amides is 2. The lowest BCUT2D eigenvalue weighted by molar-refractivity contribution is -0.122. The average molecular weight is 329 g/mol. The third kappa shape index (κ3) is 3.27. The van der Waals surface area contributed by atoms with Gasteiger partial charge < -0.3 is 4.90 Å². The predicted molar refractivity (Wildman–Crippen MR) is 91.3 cm³/mol. The maximum atomic E-state index is 12.7. The van der Waals surface area contributed by atoms with Gasteiger partial charge in [0, 0.05) is 30.6 Å². The van der Waals surface area contributed by atoms with Gasteiger partial charge in [0.05, 0.1) is 11.6 Å². The molecule has 0 spiro atoms. The molecule has 2 aromatic rings. The minimum absolute atomic E-state index is 0.0609. The van der Waals surface area contributed by atoms with Crippen molar-refractivity contribution in [2.45, 2.75) is 13.3 Å². The van der Waals surface area contributed by atoms with E-state index in [0.717, 1.165) is 29.2 Å². The number of benzene rings is 1. The minimum atomic E-state index is -0.121. The van der Waals surface area contributed by atoms with Gasteiger partial charge in [-0.15, -0.1) is 11.3 Å². The Bertz CT molecular complexity index is 686. The third-order valence-corrected chi connectivity index (χ3v) is 4.96. The Labute approximate surface area is 139 Å². The van der Waals surface area contributed by atoms with Gasteiger partial charge in [0.2, 0.25) is 12.3 Å². The lowest BCUT2D eigenvalue weighted by Gasteiger charge is -2.21. The number of carbonyl (C=O) groups is 2. The highest BCUT2D eigenvalue weighted by Gasteiger charge is 2.32. The van der Waals surface area contributed by atoms with Gasteiger partial charge >= 0.3 is 0 Å². The lowest BCUT2D eigenvalue weighted by atomic mass is 10.1. The molecule has 120 valence electrons. The molecule has 0 N–H and O–H groups in total. The molecule has 0 bridgehead atoms. The first-order valence-electron chi connectivity index (χ1n) is 7.74. The fraction of sp³-hybridized carbons (Fsp3) is 0.353. The molecule has 0 radical (unpaired) electrons. The molecule has 1 atom stereocenters. The molecule has 1 unspecified atom stereocenters. The second-order valence-electron chi connectivity index (χ2n) is 5.55. The zero-order valence-electron chi connectivity index (χ0n) is 13.0. The third-order valence-electron chi connectivity index (χ3n) is 4.09. The van der Waals surface area contributed by atoms with Gasteiger partial charge in [0.1, 0.15) is 0 Å². The van der Waals surface area contributed by atoms with Crippen LogP contribution in [-0.2, 0) is 9.59 Å². The Kier molecular flexibility index (Phi) is 4.71. The first kappa shape index (κ1) is 15.7. The number of thiazole rings is 1. The SMILES string of the molecule is CCN(C(=O)C1CCN(C=O)C1)c1nc(-c2ccccc2)cs1. The molecular weight excluding hydrogens is 310 g/mol. The second-order valence-corrected chi connectivity index (χ2v) is 6.39. The van der Waals surface area contributed by atoms with Gasteiger partial charge in [-0.1, -0.05) is 30.3 Å². The molecule has 1 aromatic carbocycles. The quantitative estimate of drug-likeness (QED) is 0.793. The summed E-state index contributed by atoms with van der Waals surface area (Å²) in [6, 6.07) is 9.94. The maximum absolute atomic E-state index is 12.7. The van der Waals surface area contributed by atoms with E-state index in [-0.39, 0.29) is 11.8 Å². The normalized spacial score (nSPS) is 17.3. The molecule has 3 rings (SSSR count). The van der Waals surface area contributed by atoms with Crippen LogP contribution in [0, 0.1) is 5.92 Å². The summed E-state index contributed by atoms with van der Waals surface area (Å²) in [5.41, 5.74) is 1.93. The monoisotopic (exact) mass is 329 g/mol. The van der Waals surface area contributed by atoms with E-state index in [9.17, 15) is 9.59 Å². The molecular formula is C17H19N3O2S. The van der Waals surface area contributed by atoms with Crippen LogP contribution in [0.4, 0.5) is 5.13 Å². The van der Waals surface area contributed by atoms with Crippen molar-refractivity contribution in [2.75, 3.05) is 24.5 Å². The number of hydrogen-bond acceptors (Lipinski definition) is 4. The fourth-order valence-electron chi connectivity index (χ4n) is 2.82.